The summed E-state index contributed by atoms with van der Waals surface area (Å²) in [6.07, 6.45) is 1.68. The fraction of sp³-hybridized carbons (Fsp3) is 0.727. The molecule has 0 saturated carbocycles. The number of carbonyl (C=O) groups is 2. The third-order valence-corrected chi connectivity index (χ3v) is 3.25. The fourth-order valence-corrected chi connectivity index (χ4v) is 2.19. The van der Waals surface area contributed by atoms with Crippen LogP contribution in [-0.4, -0.2) is 22.1 Å². The molecule has 0 spiro atoms. The Kier molecular flexibility index (Phi) is 6.09. The average Bonchev–Trinajstić information content (AvgIpc) is 2.17. The molecule has 0 rings (SSSR count). The normalized spacial score (nSPS) is 15.7. The van der Waals surface area contributed by atoms with Crippen molar-refractivity contribution < 1.29 is 14.7 Å². The molecule has 0 saturated heterocycles. The summed E-state index contributed by atoms with van der Waals surface area (Å²) in [4.78, 5) is 23.5. The Hall–Kier alpha value is -1.17. The van der Waals surface area contributed by atoms with Crippen LogP contribution in [0, 0.1) is 11.3 Å². The summed E-state index contributed by atoms with van der Waals surface area (Å²) < 4.78 is 0. The third kappa shape index (κ3) is 3.39. The van der Waals surface area contributed by atoms with Crippen LogP contribution in [0.4, 0.5) is 0 Å². The van der Waals surface area contributed by atoms with Crippen LogP contribution < -0.4 is 11.1 Å². The van der Waals surface area contributed by atoms with Gasteiger partial charge in [-0.05, 0) is 31.0 Å². The number of thiocarbonyl (C=S) groups is 1. The molecule has 0 radical (unpaired) electrons. The van der Waals surface area contributed by atoms with Crippen molar-refractivity contribution in [2.45, 2.75) is 40.0 Å². The van der Waals surface area contributed by atoms with E-state index in [-0.39, 0.29) is 17.5 Å². The number of carbonyl (C=O) groups excluding carboxylic acids is 1. The van der Waals surface area contributed by atoms with Gasteiger partial charge in [-0.3, -0.25) is 9.59 Å². The van der Waals surface area contributed by atoms with Gasteiger partial charge in [-0.1, -0.05) is 27.2 Å². The number of nitrogens with two attached hydrogens (primary N) is 1. The van der Waals surface area contributed by atoms with Gasteiger partial charge in [0.05, 0.1) is 0 Å². The van der Waals surface area contributed by atoms with Crippen molar-refractivity contribution in [3.8, 4) is 0 Å². The van der Waals surface area contributed by atoms with Gasteiger partial charge in [-0.15, -0.1) is 0 Å². The van der Waals surface area contributed by atoms with Gasteiger partial charge in [0.25, 0.3) is 0 Å². The first-order chi connectivity index (χ1) is 7.82. The Morgan fingerprint density at radius 3 is 2.29 bits per heavy atom. The molecular weight excluding hydrogens is 240 g/mol. The molecule has 0 aliphatic rings. The largest absolute Gasteiger partial charge is 0.480 e. The van der Waals surface area contributed by atoms with Crippen LogP contribution in [0.2, 0.25) is 0 Å². The molecule has 0 aromatic rings. The number of rotatable bonds is 6. The number of aliphatic carboxylic acids is 1. The lowest BCUT2D eigenvalue weighted by molar-refractivity contribution is -0.159. The number of hydrogen-bond donors (Lipinski definition) is 3. The molecule has 0 fully saturated rings. The molecule has 5 nitrogen and oxygen atoms in total. The average molecular weight is 260 g/mol. The predicted molar refractivity (Wildman–Crippen MR) is 69.4 cm³/mol. The summed E-state index contributed by atoms with van der Waals surface area (Å²) in [6.45, 7) is 5.39. The first-order valence-electron chi connectivity index (χ1n) is 5.67. The van der Waals surface area contributed by atoms with Crippen molar-refractivity contribution in [2.75, 3.05) is 0 Å². The number of carboxylic acid groups (broad SMARTS) is 1. The number of amides is 1. The quantitative estimate of drug-likeness (QED) is 0.494. The smallest absolute Gasteiger partial charge is 0.319 e. The van der Waals surface area contributed by atoms with Crippen LogP contribution >= 0.6 is 12.2 Å². The van der Waals surface area contributed by atoms with Crippen LogP contribution in [0.15, 0.2) is 0 Å². The van der Waals surface area contributed by atoms with Gasteiger partial charge >= 0.3 is 5.97 Å². The van der Waals surface area contributed by atoms with Gasteiger partial charge in [0, 0.05) is 0 Å². The number of carboxylic acids is 1. The zero-order valence-corrected chi connectivity index (χ0v) is 11.3. The molecule has 2 atom stereocenters. The van der Waals surface area contributed by atoms with Gasteiger partial charge in [0.1, 0.15) is 5.41 Å². The van der Waals surface area contributed by atoms with E-state index in [4.69, 9.17) is 5.73 Å². The highest BCUT2D eigenvalue weighted by molar-refractivity contribution is 7.80. The Bertz CT molecular complexity index is 320. The molecule has 6 heteroatoms. The van der Waals surface area contributed by atoms with Gasteiger partial charge in [-0.2, -0.15) is 0 Å². The first kappa shape index (κ1) is 15.8. The molecule has 0 aromatic heterocycles. The maximum absolute atomic E-state index is 12.0. The van der Waals surface area contributed by atoms with Crippen LogP contribution in [0.1, 0.15) is 40.0 Å². The van der Waals surface area contributed by atoms with E-state index < -0.39 is 17.3 Å². The summed E-state index contributed by atoms with van der Waals surface area (Å²) in [5.41, 5.74) is 3.77. The molecule has 0 aliphatic heterocycles. The Morgan fingerprint density at radius 1 is 1.47 bits per heavy atom. The SMILES string of the molecule is CCCC(C)C(CC)(C(=O)O)C(=O)NC(N)=S. The highest BCUT2D eigenvalue weighted by atomic mass is 32.1. The van der Waals surface area contributed by atoms with E-state index in [2.05, 4.69) is 17.5 Å². The molecule has 0 aliphatic carbocycles. The van der Waals surface area contributed by atoms with Gasteiger partial charge in [0.2, 0.25) is 5.91 Å². The fourth-order valence-electron chi connectivity index (χ4n) is 2.09. The highest BCUT2D eigenvalue weighted by Crippen LogP contribution is 2.35. The lowest BCUT2D eigenvalue weighted by atomic mass is 9.71. The Balaban J connectivity index is 5.27. The molecule has 0 heterocycles. The third-order valence-electron chi connectivity index (χ3n) is 3.14. The van der Waals surface area contributed by atoms with E-state index in [1.54, 1.807) is 13.8 Å². The molecular formula is C11H20N2O3S. The molecule has 98 valence electrons. The van der Waals surface area contributed by atoms with Crippen LogP contribution in [0.3, 0.4) is 0 Å². The molecule has 2 unspecified atom stereocenters. The minimum atomic E-state index is -1.46. The summed E-state index contributed by atoms with van der Waals surface area (Å²) in [5, 5.41) is 11.4. The standard InChI is InChI=1S/C11H20N2O3S/c1-4-6-7(3)11(5-2,9(15)16)8(14)13-10(12)17/h7H,4-6H2,1-3H3,(H,15,16)(H3,12,13,14,17). The Morgan fingerprint density at radius 2 is 2.00 bits per heavy atom. The highest BCUT2D eigenvalue weighted by Gasteiger charge is 2.48. The summed E-state index contributed by atoms with van der Waals surface area (Å²) in [7, 11) is 0. The molecule has 1 amide bonds. The zero-order chi connectivity index (χ0) is 13.6. The van der Waals surface area contributed by atoms with Crippen molar-refractivity contribution in [3.63, 3.8) is 0 Å². The van der Waals surface area contributed by atoms with Gasteiger partial charge < -0.3 is 16.2 Å². The van der Waals surface area contributed by atoms with Gasteiger partial charge in [0.15, 0.2) is 5.11 Å². The minimum Gasteiger partial charge on any atom is -0.480 e. The predicted octanol–water partition coefficient (Wildman–Crippen LogP) is 1.26. The van der Waals surface area contributed by atoms with Gasteiger partial charge in [-0.25, -0.2) is 0 Å². The Labute approximate surface area is 107 Å². The van der Waals surface area contributed by atoms with E-state index in [1.807, 2.05) is 6.92 Å². The van der Waals surface area contributed by atoms with Crippen molar-refractivity contribution in [3.05, 3.63) is 0 Å². The summed E-state index contributed by atoms with van der Waals surface area (Å²) >= 11 is 4.58. The monoisotopic (exact) mass is 260 g/mol. The molecule has 0 bridgehead atoms. The summed E-state index contributed by atoms with van der Waals surface area (Å²) in [5.74, 6) is -2.03. The van der Waals surface area contributed by atoms with E-state index in [0.717, 1.165) is 6.42 Å². The number of nitrogens with one attached hydrogen (secondary N) is 1. The van der Waals surface area contributed by atoms with E-state index in [1.165, 1.54) is 0 Å². The van der Waals surface area contributed by atoms with Crippen molar-refractivity contribution in [1.82, 2.24) is 5.32 Å². The second kappa shape index (κ2) is 6.54. The zero-order valence-electron chi connectivity index (χ0n) is 10.4. The lowest BCUT2D eigenvalue weighted by Crippen LogP contribution is -2.53. The van der Waals surface area contributed by atoms with Crippen molar-refractivity contribution in [2.24, 2.45) is 17.1 Å². The van der Waals surface area contributed by atoms with Crippen molar-refractivity contribution >= 4 is 29.2 Å². The second-order valence-electron chi connectivity index (χ2n) is 4.14. The minimum absolute atomic E-state index is 0.197. The van der Waals surface area contributed by atoms with Crippen LogP contribution in [-0.2, 0) is 9.59 Å². The topological polar surface area (TPSA) is 92.4 Å². The lowest BCUT2D eigenvalue weighted by Gasteiger charge is -2.32. The van der Waals surface area contributed by atoms with E-state index in [9.17, 15) is 14.7 Å². The molecule has 0 aromatic carbocycles. The van der Waals surface area contributed by atoms with Crippen LogP contribution in [0.5, 0.6) is 0 Å². The maximum atomic E-state index is 12.0. The summed E-state index contributed by atoms with van der Waals surface area (Å²) in [6, 6.07) is 0. The number of hydrogen-bond acceptors (Lipinski definition) is 3. The molecule has 4 N–H and O–H groups in total. The second-order valence-corrected chi connectivity index (χ2v) is 4.58. The van der Waals surface area contributed by atoms with E-state index >= 15 is 0 Å². The maximum Gasteiger partial charge on any atom is 0.319 e. The first-order valence-corrected chi connectivity index (χ1v) is 6.07. The van der Waals surface area contributed by atoms with Crippen molar-refractivity contribution in [1.29, 1.82) is 0 Å². The van der Waals surface area contributed by atoms with Crippen LogP contribution in [0.25, 0.3) is 0 Å². The molecule has 17 heavy (non-hydrogen) atoms. The van der Waals surface area contributed by atoms with E-state index in [0.29, 0.717) is 6.42 Å².